The van der Waals surface area contributed by atoms with Gasteiger partial charge in [-0.2, -0.15) is 18.2 Å². The van der Waals surface area contributed by atoms with Crippen molar-refractivity contribution in [1.82, 2.24) is 9.34 Å². The quantitative estimate of drug-likeness (QED) is 0.517. The summed E-state index contributed by atoms with van der Waals surface area (Å²) >= 11 is 0. The second kappa shape index (κ2) is 4.08. The van der Waals surface area contributed by atoms with Gasteiger partial charge < -0.3 is 0 Å². The smallest absolute Gasteiger partial charge is 0.00268 e. The van der Waals surface area contributed by atoms with Gasteiger partial charge in [-0.1, -0.05) is 0 Å². The molecule has 1 aromatic rings. The molecule has 3 heteroatoms. The summed E-state index contributed by atoms with van der Waals surface area (Å²) in [5.74, 6) is 0. The zero-order valence-corrected chi connectivity index (χ0v) is 9.05. The van der Waals surface area contributed by atoms with Gasteiger partial charge in [0, 0.05) is 0 Å². The van der Waals surface area contributed by atoms with E-state index < -0.39 is 0 Å². The topological polar surface area (TPSA) is 6.48 Å². The molecule has 0 fully saturated rings. The van der Waals surface area contributed by atoms with Crippen LogP contribution < -0.4 is 5.30 Å². The fraction of sp³-hybridized carbons (Fsp3) is 0.444. The highest BCUT2D eigenvalue weighted by Gasteiger charge is 2.09. The molecule has 0 aliphatic rings. The van der Waals surface area contributed by atoms with E-state index in [2.05, 4.69) is 61.8 Å². The van der Waals surface area contributed by atoms with Crippen LogP contribution in [0.25, 0.3) is 0 Å². The van der Waals surface area contributed by atoms with Gasteiger partial charge in [-0.15, -0.1) is 5.30 Å². The van der Waals surface area contributed by atoms with Crippen LogP contribution in [-0.4, -0.2) is 37.5 Å². The Balaban J connectivity index is 2.81. The lowest BCUT2D eigenvalue weighted by molar-refractivity contribution is 0.584. The second-order valence-corrected chi connectivity index (χ2v) is 5.82. The van der Waals surface area contributed by atoms with Crippen LogP contribution in [-0.2, 0) is 0 Å². The predicted molar refractivity (Wildman–Crippen MR) is 56.0 cm³/mol. The summed E-state index contributed by atoms with van der Waals surface area (Å²) in [6.45, 7) is 0. The fourth-order valence-corrected chi connectivity index (χ4v) is 3.39. The third-order valence-electron chi connectivity index (χ3n) is 1.63. The lowest BCUT2D eigenvalue weighted by Gasteiger charge is -2.34. The largest absolute Gasteiger partial charge is 0.283 e. The van der Waals surface area contributed by atoms with Crippen molar-refractivity contribution in [3.8, 4) is 0 Å². The van der Waals surface area contributed by atoms with E-state index >= 15 is 0 Å². The molecule has 12 heavy (non-hydrogen) atoms. The van der Waals surface area contributed by atoms with E-state index in [1.54, 1.807) is 0 Å². The second-order valence-electron chi connectivity index (χ2n) is 3.13. The molecule has 0 saturated carbocycles. The molecule has 0 aliphatic heterocycles. The Bertz CT molecular complexity index is 208. The molecule has 0 amide bonds. The van der Waals surface area contributed by atoms with E-state index in [1.807, 2.05) is 0 Å². The van der Waals surface area contributed by atoms with Crippen LogP contribution in [0.15, 0.2) is 24.3 Å². The molecule has 0 saturated heterocycles. The summed E-state index contributed by atoms with van der Waals surface area (Å²) in [7, 11) is 8.22. The highest BCUT2D eigenvalue weighted by molar-refractivity contribution is 7.60. The summed E-state index contributed by atoms with van der Waals surface area (Å²) < 4.78 is 4.54. The van der Waals surface area contributed by atoms with Crippen molar-refractivity contribution in [3.63, 3.8) is 0 Å². The van der Waals surface area contributed by atoms with Crippen LogP contribution in [0.1, 0.15) is 0 Å². The molecule has 0 aliphatic carbocycles. The molecule has 0 radical (unpaired) electrons. The number of hydrogen-bond donors (Lipinski definition) is 0. The van der Waals surface area contributed by atoms with Gasteiger partial charge in [0.1, 0.15) is 0 Å². The van der Waals surface area contributed by atoms with E-state index in [0.717, 1.165) is 0 Å². The van der Waals surface area contributed by atoms with Crippen molar-refractivity contribution in [3.05, 3.63) is 24.3 Å². The zero-order valence-electron chi connectivity index (χ0n) is 8.15. The highest BCUT2D eigenvalue weighted by atomic mass is 31.1. The Labute approximate surface area is 76.0 Å². The summed E-state index contributed by atoms with van der Waals surface area (Å²) in [6, 6.07) is 8.56. The van der Waals surface area contributed by atoms with Crippen LogP contribution in [0.3, 0.4) is 0 Å². The molecule has 0 spiro atoms. The first-order valence-electron chi connectivity index (χ1n) is 3.99. The lowest BCUT2D eigenvalue weighted by atomic mass is 10.7. The summed E-state index contributed by atoms with van der Waals surface area (Å²) in [4.78, 5) is 0. The number of hydrogen-bond acceptors (Lipinski definition) is 2. The third-order valence-corrected chi connectivity index (χ3v) is 3.91. The maximum absolute atomic E-state index is 2.27. The molecule has 68 valence electrons. The molecular formula is C9H16N2P-. The van der Waals surface area contributed by atoms with Crippen LogP contribution >= 0.6 is 8.22 Å². The number of nitrogens with zero attached hydrogens (tertiary/aromatic N) is 2. The monoisotopic (exact) mass is 183 g/mol. The van der Waals surface area contributed by atoms with E-state index in [0.29, 0.717) is 0 Å². The Morgan fingerprint density at radius 3 is 2.08 bits per heavy atom. The minimum absolute atomic E-state index is 0.270. The summed E-state index contributed by atoms with van der Waals surface area (Å²) in [5, 5.41) is 1.42. The average Bonchev–Trinajstić information content (AvgIpc) is 2.37. The molecule has 0 N–H and O–H groups in total. The third kappa shape index (κ3) is 2.10. The normalized spacial score (nSPS) is 11.9. The first kappa shape index (κ1) is 9.79. The van der Waals surface area contributed by atoms with Gasteiger partial charge in [0.2, 0.25) is 0 Å². The van der Waals surface area contributed by atoms with Gasteiger partial charge in [-0.3, -0.25) is 9.34 Å². The molecule has 0 atom stereocenters. The Hall–Kier alpha value is -0.300. The van der Waals surface area contributed by atoms with Crippen molar-refractivity contribution in [2.75, 3.05) is 28.2 Å². The predicted octanol–water partition coefficient (Wildman–Crippen LogP) is 1.47. The van der Waals surface area contributed by atoms with Crippen molar-refractivity contribution in [2.45, 2.75) is 0 Å². The molecule has 0 unspecified atom stereocenters. The molecule has 0 bridgehead atoms. The van der Waals surface area contributed by atoms with Gasteiger partial charge in [0.15, 0.2) is 0 Å². The minimum atomic E-state index is -0.270. The van der Waals surface area contributed by atoms with Gasteiger partial charge in [-0.05, 0) is 36.4 Å². The van der Waals surface area contributed by atoms with Crippen molar-refractivity contribution >= 4 is 13.5 Å². The summed E-state index contributed by atoms with van der Waals surface area (Å²) in [6.07, 6.45) is 0. The average molecular weight is 183 g/mol. The standard InChI is InChI=1S/C9H16N2P/c1-10(2)12(11(3)4)9-7-5-6-8-9/h5-8H,1-4H3/q-1. The highest BCUT2D eigenvalue weighted by Crippen LogP contribution is 2.38. The maximum Gasteiger partial charge on any atom is -0.00268 e. The van der Waals surface area contributed by atoms with Crippen molar-refractivity contribution in [1.29, 1.82) is 0 Å². The molecule has 0 heterocycles. The van der Waals surface area contributed by atoms with Crippen LogP contribution in [0, 0.1) is 0 Å². The van der Waals surface area contributed by atoms with E-state index in [9.17, 15) is 0 Å². The lowest BCUT2D eigenvalue weighted by Crippen LogP contribution is -2.23. The van der Waals surface area contributed by atoms with Gasteiger partial charge in [0.25, 0.3) is 0 Å². The first-order chi connectivity index (χ1) is 5.63. The van der Waals surface area contributed by atoms with Gasteiger partial charge >= 0.3 is 0 Å². The Kier molecular flexibility index (Phi) is 3.33. The van der Waals surface area contributed by atoms with Crippen molar-refractivity contribution < 1.29 is 0 Å². The fourth-order valence-electron chi connectivity index (χ4n) is 1.32. The van der Waals surface area contributed by atoms with E-state index in [-0.39, 0.29) is 8.22 Å². The van der Waals surface area contributed by atoms with E-state index in [4.69, 9.17) is 0 Å². The maximum atomic E-state index is 2.27. The zero-order chi connectivity index (χ0) is 9.14. The first-order valence-corrected chi connectivity index (χ1v) is 5.24. The van der Waals surface area contributed by atoms with E-state index in [1.165, 1.54) is 5.30 Å². The number of rotatable bonds is 3. The Morgan fingerprint density at radius 1 is 1.17 bits per heavy atom. The van der Waals surface area contributed by atoms with Crippen LogP contribution in [0.5, 0.6) is 0 Å². The van der Waals surface area contributed by atoms with Crippen LogP contribution in [0.4, 0.5) is 0 Å². The minimum Gasteiger partial charge on any atom is -0.283 e. The molecular weight excluding hydrogens is 167 g/mol. The van der Waals surface area contributed by atoms with Crippen LogP contribution in [0.2, 0.25) is 0 Å². The Morgan fingerprint density at radius 2 is 1.75 bits per heavy atom. The van der Waals surface area contributed by atoms with Crippen molar-refractivity contribution in [2.24, 2.45) is 0 Å². The molecule has 2 nitrogen and oxygen atoms in total. The molecule has 1 rings (SSSR count). The van der Waals surface area contributed by atoms with Gasteiger partial charge in [-0.25, -0.2) is 6.07 Å². The SMILES string of the molecule is CN(C)P(c1cc[cH-]c1)N(C)C. The molecule has 1 aromatic carbocycles. The molecule has 0 aromatic heterocycles. The van der Waals surface area contributed by atoms with Gasteiger partial charge in [0.05, 0.1) is 0 Å². The summed E-state index contributed by atoms with van der Waals surface area (Å²) in [5.41, 5.74) is 0.